The number of carboxylic acids is 1. The van der Waals surface area contributed by atoms with E-state index in [0.29, 0.717) is 0 Å². The molecule has 0 aromatic rings. The summed E-state index contributed by atoms with van der Waals surface area (Å²) >= 11 is 0. The van der Waals surface area contributed by atoms with Crippen molar-refractivity contribution in [1.29, 1.82) is 0 Å². The van der Waals surface area contributed by atoms with Crippen LogP contribution < -0.4 is 5.32 Å². The van der Waals surface area contributed by atoms with Crippen molar-refractivity contribution in [1.82, 2.24) is 5.32 Å². The van der Waals surface area contributed by atoms with Crippen LogP contribution in [0.2, 0.25) is 0 Å². The predicted molar refractivity (Wildman–Crippen MR) is 40.6 cm³/mol. The van der Waals surface area contributed by atoms with Crippen molar-refractivity contribution in [2.24, 2.45) is 5.92 Å². The molecule has 0 spiro atoms. The lowest BCUT2D eigenvalue weighted by atomic mass is 9.88. The summed E-state index contributed by atoms with van der Waals surface area (Å²) < 4.78 is 0. The van der Waals surface area contributed by atoms with Crippen molar-refractivity contribution in [3.05, 3.63) is 0 Å². The van der Waals surface area contributed by atoms with E-state index >= 15 is 0 Å². The van der Waals surface area contributed by atoms with Crippen LogP contribution in [0.1, 0.15) is 6.92 Å². The van der Waals surface area contributed by atoms with E-state index in [9.17, 15) is 9.90 Å². The Morgan fingerprint density at radius 3 is 2.58 bits per heavy atom. The number of hydrogen-bond acceptors (Lipinski definition) is 4. The Balaban J connectivity index is 2.65. The van der Waals surface area contributed by atoms with E-state index in [0.717, 1.165) is 0 Å². The largest absolute Gasteiger partial charge is 0.480 e. The van der Waals surface area contributed by atoms with Crippen molar-refractivity contribution in [2.75, 3.05) is 6.54 Å². The number of rotatable bonds is 1. The van der Waals surface area contributed by atoms with Crippen molar-refractivity contribution in [3.63, 3.8) is 0 Å². The summed E-state index contributed by atoms with van der Waals surface area (Å²) in [6.45, 7) is 1.72. The number of β-amino-alcohol motifs (C(OH)–C–C–N with tert-alkyl or cyclic N) is 1. The molecule has 1 aliphatic heterocycles. The molecule has 4 atom stereocenters. The molecular weight excluding hydrogens is 162 g/mol. The maximum atomic E-state index is 10.6. The Bertz CT molecular complexity index is 184. The molecule has 0 aliphatic carbocycles. The molecule has 70 valence electrons. The number of hydrogen-bond donors (Lipinski definition) is 4. The fourth-order valence-electron chi connectivity index (χ4n) is 1.41. The lowest BCUT2D eigenvalue weighted by Gasteiger charge is -2.34. The van der Waals surface area contributed by atoms with Gasteiger partial charge in [-0.05, 0) is 0 Å². The third-order valence-electron chi connectivity index (χ3n) is 2.27. The maximum absolute atomic E-state index is 10.6. The smallest absolute Gasteiger partial charge is 0.321 e. The van der Waals surface area contributed by atoms with Crippen LogP contribution in [0.15, 0.2) is 0 Å². The summed E-state index contributed by atoms with van der Waals surface area (Å²) in [6, 6.07) is -0.761. The highest BCUT2D eigenvalue weighted by Crippen LogP contribution is 2.16. The molecule has 0 bridgehead atoms. The van der Waals surface area contributed by atoms with E-state index in [1.165, 1.54) is 0 Å². The Morgan fingerprint density at radius 1 is 1.50 bits per heavy atom. The van der Waals surface area contributed by atoms with Crippen molar-refractivity contribution >= 4 is 5.97 Å². The quantitative estimate of drug-likeness (QED) is 0.385. The lowest BCUT2D eigenvalue weighted by molar-refractivity contribution is -0.146. The number of aliphatic carboxylic acids is 1. The maximum Gasteiger partial charge on any atom is 0.321 e. The minimum atomic E-state index is -0.992. The second-order valence-electron chi connectivity index (χ2n) is 3.14. The molecule has 0 aromatic heterocycles. The summed E-state index contributed by atoms with van der Waals surface area (Å²) in [5.41, 5.74) is 0. The number of carboxylic acid groups (broad SMARTS) is 1. The van der Waals surface area contributed by atoms with E-state index in [-0.39, 0.29) is 6.54 Å². The predicted octanol–water partition coefficient (Wildman–Crippen LogP) is -1.60. The highest BCUT2D eigenvalue weighted by Gasteiger charge is 2.37. The van der Waals surface area contributed by atoms with E-state index in [2.05, 4.69) is 5.32 Å². The monoisotopic (exact) mass is 175 g/mol. The molecule has 1 aliphatic rings. The van der Waals surface area contributed by atoms with Gasteiger partial charge in [0.15, 0.2) is 0 Å². The molecule has 1 rings (SSSR count). The average molecular weight is 175 g/mol. The summed E-state index contributed by atoms with van der Waals surface area (Å²) in [7, 11) is 0. The van der Waals surface area contributed by atoms with Gasteiger partial charge in [0.2, 0.25) is 0 Å². The zero-order chi connectivity index (χ0) is 9.30. The van der Waals surface area contributed by atoms with Crippen LogP contribution in [-0.4, -0.2) is 46.1 Å². The summed E-state index contributed by atoms with van der Waals surface area (Å²) in [5, 5.41) is 29.8. The topological polar surface area (TPSA) is 89.8 Å². The summed E-state index contributed by atoms with van der Waals surface area (Å²) in [4.78, 5) is 10.6. The van der Waals surface area contributed by atoms with E-state index in [1.54, 1.807) is 6.92 Å². The van der Waals surface area contributed by atoms with Gasteiger partial charge in [0.05, 0.1) is 12.2 Å². The van der Waals surface area contributed by atoms with Gasteiger partial charge in [-0.15, -0.1) is 0 Å². The minimum absolute atomic E-state index is 0.127. The van der Waals surface area contributed by atoms with Gasteiger partial charge in [-0.25, -0.2) is 0 Å². The van der Waals surface area contributed by atoms with Gasteiger partial charge in [-0.1, -0.05) is 6.92 Å². The number of aliphatic hydroxyl groups excluding tert-OH is 2. The molecule has 1 saturated heterocycles. The van der Waals surface area contributed by atoms with Crippen LogP contribution >= 0.6 is 0 Å². The first-order valence-electron chi connectivity index (χ1n) is 3.86. The average Bonchev–Trinajstić information content (AvgIpc) is 2.00. The van der Waals surface area contributed by atoms with Crippen molar-refractivity contribution < 1.29 is 20.1 Å². The van der Waals surface area contributed by atoms with E-state index in [1.807, 2.05) is 0 Å². The van der Waals surface area contributed by atoms with Crippen LogP contribution in [0.25, 0.3) is 0 Å². The first kappa shape index (κ1) is 9.44. The number of carbonyl (C=O) groups is 1. The molecule has 0 aromatic carbocycles. The first-order chi connectivity index (χ1) is 5.54. The summed E-state index contributed by atoms with van der Waals surface area (Å²) in [5.74, 6) is -1.46. The van der Waals surface area contributed by atoms with Gasteiger partial charge in [-0.3, -0.25) is 4.79 Å². The highest BCUT2D eigenvalue weighted by atomic mass is 16.4. The zero-order valence-corrected chi connectivity index (χ0v) is 6.77. The number of nitrogens with one attached hydrogen (secondary N) is 1. The molecule has 1 heterocycles. The Hall–Kier alpha value is -0.650. The minimum Gasteiger partial charge on any atom is -0.480 e. The van der Waals surface area contributed by atoms with Gasteiger partial charge >= 0.3 is 5.97 Å². The molecular formula is C7H13NO4. The zero-order valence-electron chi connectivity index (χ0n) is 6.77. The van der Waals surface area contributed by atoms with Crippen LogP contribution in [0.5, 0.6) is 0 Å². The molecule has 0 radical (unpaired) electrons. The molecule has 0 amide bonds. The number of piperidine rings is 1. The first-order valence-corrected chi connectivity index (χ1v) is 3.86. The fraction of sp³-hybridized carbons (Fsp3) is 0.857. The second-order valence-corrected chi connectivity index (χ2v) is 3.14. The molecule has 4 unspecified atom stereocenters. The Kier molecular flexibility index (Phi) is 2.66. The molecule has 4 N–H and O–H groups in total. The van der Waals surface area contributed by atoms with Crippen LogP contribution in [0.4, 0.5) is 0 Å². The highest BCUT2D eigenvalue weighted by molar-refractivity contribution is 5.74. The van der Waals surface area contributed by atoms with Crippen LogP contribution in [0.3, 0.4) is 0 Å². The Morgan fingerprint density at radius 2 is 2.08 bits per heavy atom. The standard InChI is InChI=1S/C7H13NO4/c1-3-5(7(11)12)8-2-4(9)6(3)10/h3-6,8-10H,2H2,1H3,(H,11,12). The third kappa shape index (κ3) is 1.57. The SMILES string of the molecule is CC1C(C(=O)O)NCC(O)C1O. The normalized spacial score (nSPS) is 42.6. The lowest BCUT2D eigenvalue weighted by Crippen LogP contribution is -2.58. The second kappa shape index (κ2) is 3.38. The van der Waals surface area contributed by atoms with Gasteiger partial charge in [0.1, 0.15) is 6.04 Å². The van der Waals surface area contributed by atoms with E-state index < -0.39 is 30.1 Å². The third-order valence-corrected chi connectivity index (χ3v) is 2.27. The van der Waals surface area contributed by atoms with E-state index in [4.69, 9.17) is 10.2 Å². The van der Waals surface area contributed by atoms with Gasteiger partial charge in [0.25, 0.3) is 0 Å². The van der Waals surface area contributed by atoms with Crippen molar-refractivity contribution in [3.8, 4) is 0 Å². The fourth-order valence-corrected chi connectivity index (χ4v) is 1.41. The molecule has 12 heavy (non-hydrogen) atoms. The Labute approximate surface area is 70.0 Å². The molecule has 5 heteroatoms. The molecule has 1 fully saturated rings. The van der Waals surface area contributed by atoms with Gasteiger partial charge < -0.3 is 20.6 Å². The van der Waals surface area contributed by atoms with Crippen LogP contribution in [0, 0.1) is 5.92 Å². The number of aliphatic hydroxyl groups is 2. The molecule has 0 saturated carbocycles. The van der Waals surface area contributed by atoms with Crippen LogP contribution in [-0.2, 0) is 4.79 Å². The summed E-state index contributed by atoms with van der Waals surface area (Å²) in [6.07, 6.45) is -1.82. The van der Waals surface area contributed by atoms with Crippen molar-refractivity contribution in [2.45, 2.75) is 25.2 Å². The molecule has 5 nitrogen and oxygen atoms in total. The van der Waals surface area contributed by atoms with Gasteiger partial charge in [0, 0.05) is 12.5 Å². The van der Waals surface area contributed by atoms with Gasteiger partial charge in [-0.2, -0.15) is 0 Å².